The number of carbonyl (C=O) groups is 1. The molecule has 1 heterocycles. The molecule has 0 fully saturated rings. The molecular formula is C17H14N2O3. The van der Waals surface area contributed by atoms with Gasteiger partial charge < -0.3 is 9.63 Å². The van der Waals surface area contributed by atoms with E-state index in [0.29, 0.717) is 17.3 Å². The third-order valence-electron chi connectivity index (χ3n) is 3.44. The van der Waals surface area contributed by atoms with Crippen LogP contribution < -0.4 is 0 Å². The van der Waals surface area contributed by atoms with Crippen molar-refractivity contribution in [1.29, 1.82) is 0 Å². The highest BCUT2D eigenvalue weighted by Crippen LogP contribution is 2.24. The molecular weight excluding hydrogens is 280 g/mol. The van der Waals surface area contributed by atoms with Gasteiger partial charge in [0.05, 0.1) is 5.56 Å². The van der Waals surface area contributed by atoms with Crippen LogP contribution in [0.5, 0.6) is 0 Å². The van der Waals surface area contributed by atoms with Crippen LogP contribution in [-0.2, 0) is 0 Å². The summed E-state index contributed by atoms with van der Waals surface area (Å²) in [6.45, 7) is 3.75. The van der Waals surface area contributed by atoms with Crippen LogP contribution in [0.4, 0.5) is 0 Å². The standard InChI is InChI=1S/C17H14N2O3/c1-10-3-5-12(6-4-10)16-18-15(19-22-16)13-7-8-14(17(20)21)11(2)9-13/h3-9H,1-2H3,(H,20,21). The van der Waals surface area contributed by atoms with Crippen molar-refractivity contribution in [3.05, 3.63) is 59.2 Å². The van der Waals surface area contributed by atoms with Gasteiger partial charge in [0.25, 0.3) is 5.89 Å². The van der Waals surface area contributed by atoms with Gasteiger partial charge in [-0.25, -0.2) is 4.79 Å². The summed E-state index contributed by atoms with van der Waals surface area (Å²) in [6.07, 6.45) is 0. The Labute approximate surface area is 127 Å². The topological polar surface area (TPSA) is 76.2 Å². The molecule has 0 aliphatic heterocycles. The fourth-order valence-corrected chi connectivity index (χ4v) is 2.20. The SMILES string of the molecule is Cc1ccc(-c2nc(-c3ccc(C(=O)O)c(C)c3)no2)cc1. The molecule has 0 saturated carbocycles. The predicted molar refractivity (Wildman–Crippen MR) is 81.6 cm³/mol. The molecule has 3 rings (SSSR count). The lowest BCUT2D eigenvalue weighted by Crippen LogP contribution is -1.99. The number of carboxylic acids is 1. The second kappa shape index (κ2) is 5.44. The number of hydrogen-bond donors (Lipinski definition) is 1. The molecule has 0 aliphatic rings. The third-order valence-corrected chi connectivity index (χ3v) is 3.44. The van der Waals surface area contributed by atoms with Gasteiger partial charge in [-0.15, -0.1) is 0 Å². The second-order valence-electron chi connectivity index (χ2n) is 5.12. The van der Waals surface area contributed by atoms with Crippen LogP contribution >= 0.6 is 0 Å². The van der Waals surface area contributed by atoms with Crippen LogP contribution in [-0.4, -0.2) is 21.2 Å². The lowest BCUT2D eigenvalue weighted by Gasteiger charge is -2.01. The largest absolute Gasteiger partial charge is 0.478 e. The number of aryl methyl sites for hydroxylation is 2. The van der Waals surface area contributed by atoms with Crippen molar-refractivity contribution < 1.29 is 14.4 Å². The summed E-state index contributed by atoms with van der Waals surface area (Å²) < 4.78 is 5.29. The molecule has 0 amide bonds. The molecule has 3 aromatic rings. The van der Waals surface area contributed by atoms with Gasteiger partial charge in [-0.2, -0.15) is 4.98 Å². The van der Waals surface area contributed by atoms with Gasteiger partial charge in [-0.1, -0.05) is 28.9 Å². The molecule has 5 heteroatoms. The van der Waals surface area contributed by atoms with E-state index >= 15 is 0 Å². The number of benzene rings is 2. The third kappa shape index (κ3) is 2.61. The van der Waals surface area contributed by atoms with E-state index in [1.807, 2.05) is 31.2 Å². The highest BCUT2D eigenvalue weighted by Gasteiger charge is 2.13. The molecule has 1 aromatic heterocycles. The van der Waals surface area contributed by atoms with Crippen molar-refractivity contribution in [2.75, 3.05) is 0 Å². The number of carboxylic acid groups (broad SMARTS) is 1. The molecule has 0 atom stereocenters. The van der Waals surface area contributed by atoms with Crippen LogP contribution in [0.3, 0.4) is 0 Å². The fourth-order valence-electron chi connectivity index (χ4n) is 2.20. The minimum Gasteiger partial charge on any atom is -0.478 e. The number of nitrogens with zero attached hydrogens (tertiary/aromatic N) is 2. The number of rotatable bonds is 3. The van der Waals surface area contributed by atoms with E-state index in [1.54, 1.807) is 25.1 Å². The maximum Gasteiger partial charge on any atom is 0.335 e. The Bertz CT molecular complexity index is 835. The van der Waals surface area contributed by atoms with Gasteiger partial charge >= 0.3 is 5.97 Å². The summed E-state index contributed by atoms with van der Waals surface area (Å²) >= 11 is 0. The summed E-state index contributed by atoms with van der Waals surface area (Å²) in [5, 5.41) is 13.0. The van der Waals surface area contributed by atoms with E-state index in [2.05, 4.69) is 10.1 Å². The average Bonchev–Trinajstić information content (AvgIpc) is 2.97. The lowest BCUT2D eigenvalue weighted by atomic mass is 10.0. The van der Waals surface area contributed by atoms with Crippen molar-refractivity contribution in [3.8, 4) is 22.8 Å². The fraction of sp³-hybridized carbons (Fsp3) is 0.118. The average molecular weight is 294 g/mol. The van der Waals surface area contributed by atoms with E-state index in [-0.39, 0.29) is 5.56 Å². The van der Waals surface area contributed by atoms with Crippen molar-refractivity contribution >= 4 is 5.97 Å². The summed E-state index contributed by atoms with van der Waals surface area (Å²) in [5.74, 6) is -0.0666. The van der Waals surface area contributed by atoms with Crippen LogP contribution in [0.1, 0.15) is 21.5 Å². The summed E-state index contributed by atoms with van der Waals surface area (Å²) in [4.78, 5) is 15.4. The molecule has 0 unspecified atom stereocenters. The first-order valence-corrected chi connectivity index (χ1v) is 6.79. The zero-order chi connectivity index (χ0) is 15.7. The van der Waals surface area contributed by atoms with E-state index in [0.717, 1.165) is 16.7 Å². The summed E-state index contributed by atoms with van der Waals surface area (Å²) in [7, 11) is 0. The van der Waals surface area contributed by atoms with Crippen LogP contribution in [0.25, 0.3) is 22.8 Å². The summed E-state index contributed by atoms with van der Waals surface area (Å²) in [5.41, 5.74) is 3.66. The lowest BCUT2D eigenvalue weighted by molar-refractivity contribution is 0.0696. The van der Waals surface area contributed by atoms with E-state index < -0.39 is 5.97 Å². The molecule has 2 aromatic carbocycles. The Balaban J connectivity index is 1.95. The second-order valence-corrected chi connectivity index (χ2v) is 5.12. The Morgan fingerprint density at radius 1 is 1.05 bits per heavy atom. The van der Waals surface area contributed by atoms with Crippen LogP contribution in [0.2, 0.25) is 0 Å². The van der Waals surface area contributed by atoms with Crippen molar-refractivity contribution in [3.63, 3.8) is 0 Å². The van der Waals surface area contributed by atoms with Gasteiger partial charge in [0.15, 0.2) is 0 Å². The van der Waals surface area contributed by atoms with Gasteiger partial charge in [0.1, 0.15) is 0 Å². The maximum atomic E-state index is 11.0. The Hall–Kier alpha value is -2.95. The zero-order valence-corrected chi connectivity index (χ0v) is 12.2. The molecule has 0 radical (unpaired) electrons. The number of aromatic nitrogens is 2. The van der Waals surface area contributed by atoms with E-state index in [9.17, 15) is 4.79 Å². The molecule has 5 nitrogen and oxygen atoms in total. The Morgan fingerprint density at radius 2 is 1.73 bits per heavy atom. The number of hydrogen-bond acceptors (Lipinski definition) is 4. The Morgan fingerprint density at radius 3 is 2.36 bits per heavy atom. The minimum atomic E-state index is -0.947. The molecule has 110 valence electrons. The molecule has 0 bridgehead atoms. The van der Waals surface area contributed by atoms with Crippen LogP contribution in [0, 0.1) is 13.8 Å². The van der Waals surface area contributed by atoms with Gasteiger partial charge in [-0.05, 0) is 43.7 Å². The maximum absolute atomic E-state index is 11.0. The first kappa shape index (κ1) is 14.0. The first-order valence-electron chi connectivity index (χ1n) is 6.79. The zero-order valence-electron chi connectivity index (χ0n) is 12.2. The molecule has 0 spiro atoms. The molecule has 1 N–H and O–H groups in total. The van der Waals surface area contributed by atoms with Crippen LogP contribution in [0.15, 0.2) is 47.0 Å². The van der Waals surface area contributed by atoms with E-state index in [4.69, 9.17) is 9.63 Å². The Kier molecular flexibility index (Phi) is 3.47. The van der Waals surface area contributed by atoms with Crippen molar-refractivity contribution in [2.45, 2.75) is 13.8 Å². The number of aromatic carboxylic acids is 1. The van der Waals surface area contributed by atoms with Crippen molar-refractivity contribution in [1.82, 2.24) is 10.1 Å². The summed E-state index contributed by atoms with van der Waals surface area (Å²) in [6, 6.07) is 12.8. The van der Waals surface area contributed by atoms with E-state index in [1.165, 1.54) is 0 Å². The van der Waals surface area contributed by atoms with Gasteiger partial charge in [0.2, 0.25) is 5.82 Å². The molecule has 0 aliphatic carbocycles. The normalized spacial score (nSPS) is 10.6. The van der Waals surface area contributed by atoms with Crippen molar-refractivity contribution in [2.24, 2.45) is 0 Å². The highest BCUT2D eigenvalue weighted by atomic mass is 16.5. The quantitative estimate of drug-likeness (QED) is 0.796. The molecule has 22 heavy (non-hydrogen) atoms. The van der Waals surface area contributed by atoms with Gasteiger partial charge in [0, 0.05) is 11.1 Å². The first-order chi connectivity index (χ1) is 10.5. The predicted octanol–water partition coefficient (Wildman–Crippen LogP) is 3.72. The minimum absolute atomic E-state index is 0.269. The van der Waals surface area contributed by atoms with Gasteiger partial charge in [-0.3, -0.25) is 0 Å². The monoisotopic (exact) mass is 294 g/mol. The molecule has 0 saturated heterocycles. The smallest absolute Gasteiger partial charge is 0.335 e. The highest BCUT2D eigenvalue weighted by molar-refractivity contribution is 5.90.